The highest BCUT2D eigenvalue weighted by Crippen LogP contribution is 2.27. The lowest BCUT2D eigenvalue weighted by Gasteiger charge is -2.11. The van der Waals surface area contributed by atoms with Crippen LogP contribution < -0.4 is 4.13 Å². The maximum Gasteiger partial charge on any atom is 0.522 e. The van der Waals surface area contributed by atoms with Crippen molar-refractivity contribution >= 4 is 30.2 Å². The molecule has 0 bridgehead atoms. The Morgan fingerprint density at radius 1 is 0.565 bits per heavy atom. The van der Waals surface area contributed by atoms with Gasteiger partial charge < -0.3 is 0 Å². The van der Waals surface area contributed by atoms with Gasteiger partial charge in [0.25, 0.3) is 0 Å². The van der Waals surface area contributed by atoms with Gasteiger partial charge in [-0.15, -0.1) is 0 Å². The Labute approximate surface area is 121 Å². The molecule has 0 aliphatic carbocycles. The van der Waals surface area contributed by atoms with Crippen molar-refractivity contribution in [2.75, 3.05) is 0 Å². The van der Waals surface area contributed by atoms with Gasteiger partial charge in [0.15, 0.2) is 0 Å². The molecule has 20 heteroatoms. The van der Waals surface area contributed by atoms with E-state index in [1.807, 2.05) is 0 Å². The van der Waals surface area contributed by atoms with E-state index in [1.54, 1.807) is 0 Å². The molecule has 0 aromatic heterocycles. The minimum atomic E-state index is -6.60. The van der Waals surface area contributed by atoms with Crippen molar-refractivity contribution < 1.29 is 69.3 Å². The zero-order valence-electron chi connectivity index (χ0n) is 9.52. The van der Waals surface area contributed by atoms with E-state index >= 15 is 0 Å². The van der Waals surface area contributed by atoms with Crippen molar-refractivity contribution in [3.8, 4) is 0 Å². The van der Waals surface area contributed by atoms with E-state index in [0.717, 1.165) is 0 Å². The molecule has 0 saturated carbocycles. The predicted octanol–water partition coefficient (Wildman–Crippen LogP) is 0.669. The molecule has 142 valence electrons. The van der Waals surface area contributed by atoms with Gasteiger partial charge in [-0.2, -0.15) is 47.9 Å². The summed E-state index contributed by atoms with van der Waals surface area (Å²) < 4.78 is 166. The van der Waals surface area contributed by atoms with E-state index in [0.29, 0.717) is 0 Å². The summed E-state index contributed by atoms with van der Waals surface area (Å²) in [4.78, 5) is 0. The van der Waals surface area contributed by atoms with Gasteiger partial charge in [0.2, 0.25) is 0 Å². The Morgan fingerprint density at radius 3 is 0.826 bits per heavy atom. The second-order valence-corrected chi connectivity index (χ2v) is 7.92. The van der Waals surface area contributed by atoms with E-state index in [-0.39, 0.29) is 0 Å². The van der Waals surface area contributed by atoms with Crippen LogP contribution in [0.25, 0.3) is 0 Å². The Hall–Kier alpha value is -0.860. The SMILES string of the molecule is O=S(=O)(NS(=O)(=O)C(F)(F)F)C(F)(F)F.O=S(=O)(O)C(F)(F)F. The third kappa shape index (κ3) is 7.50. The number of hydrogen-bond acceptors (Lipinski definition) is 6. The van der Waals surface area contributed by atoms with Gasteiger partial charge in [-0.1, -0.05) is 4.13 Å². The van der Waals surface area contributed by atoms with Crippen LogP contribution in [0, 0.1) is 0 Å². The largest absolute Gasteiger partial charge is 0.522 e. The van der Waals surface area contributed by atoms with Crippen molar-refractivity contribution in [1.29, 1.82) is 0 Å². The van der Waals surface area contributed by atoms with Gasteiger partial charge in [0, 0.05) is 0 Å². The number of alkyl halides is 9. The number of halogens is 9. The minimum Gasteiger partial charge on any atom is -0.279 e. The standard InChI is InChI=1S/C2HF6NO4S2.CHF3O3S/c3-1(4,5)14(10,11)9-15(12,13)2(6,7)8;2-1(3,4)8(5,6)7/h9H;(H,5,6,7). The first-order chi connectivity index (χ1) is 9.46. The lowest BCUT2D eigenvalue weighted by atomic mass is 11.6. The van der Waals surface area contributed by atoms with E-state index in [1.165, 1.54) is 0 Å². The average Bonchev–Trinajstić information content (AvgIpc) is 2.08. The van der Waals surface area contributed by atoms with Crippen LogP contribution in [0.5, 0.6) is 0 Å². The Bertz CT molecular complexity index is 666. The van der Waals surface area contributed by atoms with Crippen LogP contribution >= 0.6 is 0 Å². The summed E-state index contributed by atoms with van der Waals surface area (Å²) >= 11 is 0. The molecule has 0 aliphatic heterocycles. The smallest absolute Gasteiger partial charge is 0.279 e. The van der Waals surface area contributed by atoms with Crippen LogP contribution in [0.1, 0.15) is 0 Å². The number of rotatable bonds is 2. The summed E-state index contributed by atoms with van der Waals surface area (Å²) in [6.07, 6.45) is 0. The third-order valence-corrected chi connectivity index (χ3v) is 4.68. The molecule has 0 rings (SSSR count). The molecule has 0 aromatic rings. The van der Waals surface area contributed by atoms with Gasteiger partial charge in [-0.05, 0) is 0 Å². The molecule has 0 radical (unpaired) electrons. The van der Waals surface area contributed by atoms with Crippen LogP contribution in [0.4, 0.5) is 39.5 Å². The topological polar surface area (TPSA) is 135 Å². The molecule has 23 heavy (non-hydrogen) atoms. The van der Waals surface area contributed by atoms with Crippen molar-refractivity contribution in [2.24, 2.45) is 0 Å². The molecule has 0 unspecified atom stereocenters. The third-order valence-electron chi connectivity index (χ3n) is 1.12. The monoisotopic (exact) mass is 431 g/mol. The van der Waals surface area contributed by atoms with Crippen LogP contribution in [-0.4, -0.2) is 46.3 Å². The second kappa shape index (κ2) is 6.57. The lowest BCUT2D eigenvalue weighted by Crippen LogP contribution is -2.45. The molecule has 2 N–H and O–H groups in total. The zero-order chi connectivity index (χ0) is 19.7. The summed E-state index contributed by atoms with van der Waals surface area (Å²) in [5, 5.41) is 0. The van der Waals surface area contributed by atoms with Gasteiger partial charge in [-0.3, -0.25) is 4.55 Å². The number of nitrogens with one attached hydrogen (secondary N) is 1. The molecule has 8 nitrogen and oxygen atoms in total. The molecule has 0 fully saturated rings. The molecule has 0 spiro atoms. The van der Waals surface area contributed by atoms with Crippen LogP contribution in [0.15, 0.2) is 0 Å². The molecule has 0 atom stereocenters. The molecule has 0 saturated heterocycles. The van der Waals surface area contributed by atoms with E-state index < -0.39 is 50.8 Å². The Balaban J connectivity index is 0. The first-order valence-corrected chi connectivity index (χ1v) is 8.31. The zero-order valence-corrected chi connectivity index (χ0v) is 12.0. The highest BCUT2D eigenvalue weighted by molar-refractivity contribution is 8.05. The fourth-order valence-electron chi connectivity index (χ4n) is 0.239. The van der Waals surface area contributed by atoms with Crippen LogP contribution in [0.2, 0.25) is 0 Å². The first-order valence-electron chi connectivity index (χ1n) is 3.90. The second-order valence-electron chi connectivity index (χ2n) is 2.90. The summed E-state index contributed by atoms with van der Waals surface area (Å²) in [5.41, 5.74) is -17.8. The molecule has 0 aromatic carbocycles. The molecule has 0 aliphatic rings. The molecular weight excluding hydrogens is 429 g/mol. The number of sulfonamides is 2. The van der Waals surface area contributed by atoms with Crippen LogP contribution in [0.3, 0.4) is 0 Å². The van der Waals surface area contributed by atoms with Crippen LogP contribution in [-0.2, 0) is 30.2 Å². The Kier molecular flexibility index (Phi) is 6.96. The summed E-state index contributed by atoms with van der Waals surface area (Å²) in [6, 6.07) is 0. The first kappa shape index (κ1) is 24.4. The maximum absolute atomic E-state index is 11.5. The minimum absolute atomic E-state index is 0.493. The van der Waals surface area contributed by atoms with Crippen molar-refractivity contribution in [2.45, 2.75) is 16.5 Å². The van der Waals surface area contributed by atoms with Crippen molar-refractivity contribution in [1.82, 2.24) is 4.13 Å². The predicted molar refractivity (Wildman–Crippen MR) is 50.7 cm³/mol. The van der Waals surface area contributed by atoms with Gasteiger partial charge in [-0.25, -0.2) is 16.8 Å². The van der Waals surface area contributed by atoms with Gasteiger partial charge >= 0.3 is 46.7 Å². The lowest BCUT2D eigenvalue weighted by molar-refractivity contribution is -0.0511. The van der Waals surface area contributed by atoms with E-state index in [4.69, 9.17) is 13.0 Å². The summed E-state index contributed by atoms with van der Waals surface area (Å²) in [6.45, 7) is 0. The van der Waals surface area contributed by atoms with Crippen molar-refractivity contribution in [3.05, 3.63) is 0 Å². The maximum atomic E-state index is 11.5. The quantitative estimate of drug-likeness (QED) is 0.373. The molecule has 0 amide bonds. The average molecular weight is 431 g/mol. The Morgan fingerprint density at radius 2 is 0.739 bits per heavy atom. The van der Waals surface area contributed by atoms with Gasteiger partial charge in [0.05, 0.1) is 0 Å². The summed E-state index contributed by atoms with van der Waals surface area (Å²) in [7, 11) is -19.0. The fraction of sp³-hybridized carbons (Fsp3) is 1.00. The highest BCUT2D eigenvalue weighted by atomic mass is 32.3. The van der Waals surface area contributed by atoms with Crippen molar-refractivity contribution in [3.63, 3.8) is 0 Å². The highest BCUT2D eigenvalue weighted by Gasteiger charge is 2.55. The van der Waals surface area contributed by atoms with E-state index in [2.05, 4.69) is 0 Å². The summed E-state index contributed by atoms with van der Waals surface area (Å²) in [5.74, 6) is 0. The normalized spacial score (nSPS) is 14.9. The van der Waals surface area contributed by atoms with Gasteiger partial charge in [0.1, 0.15) is 0 Å². The van der Waals surface area contributed by atoms with E-state index in [9.17, 15) is 56.3 Å². The fourth-order valence-corrected chi connectivity index (χ4v) is 2.15. The number of hydrogen-bond donors (Lipinski definition) is 2. The molecular formula is C3H2F9NO7S3. The molecule has 0 heterocycles.